The fourth-order valence-corrected chi connectivity index (χ4v) is 4.41. The summed E-state index contributed by atoms with van der Waals surface area (Å²) in [4.78, 5) is 21.8. The van der Waals surface area contributed by atoms with Crippen LogP contribution in [0.3, 0.4) is 0 Å². The number of benzene rings is 1. The number of methoxy groups -OCH3 is 1. The molecule has 0 radical (unpaired) electrons. The van der Waals surface area contributed by atoms with Crippen LogP contribution in [0.2, 0.25) is 0 Å². The number of piperidine rings is 1. The third-order valence-corrected chi connectivity index (χ3v) is 6.23. The van der Waals surface area contributed by atoms with Crippen LogP contribution < -0.4 is 0 Å². The number of nitrogens with zero attached hydrogens (tertiary/aromatic N) is 4. The van der Waals surface area contributed by atoms with Crippen LogP contribution in [0.1, 0.15) is 24.1 Å². The average molecular weight is 407 g/mol. The third kappa shape index (κ3) is 4.11. The molecule has 1 fully saturated rings. The molecule has 1 aromatic carbocycles. The molecule has 0 saturated carbocycles. The number of hydrogen-bond acceptors (Lipinski definition) is 4. The van der Waals surface area contributed by atoms with E-state index in [1.807, 2.05) is 41.2 Å². The standard InChI is InChI=1S/C24H30N4O2/c1-26(16-17-30-2)19-23(29)27-14-11-24(12-15-27,20-8-4-3-5-9-20)21-18-28-13-7-6-10-22(28)25-21/h3-10,13,18H,11-12,14-17,19H2,1-2H3. The molecule has 6 heteroatoms. The van der Waals surface area contributed by atoms with E-state index in [0.29, 0.717) is 13.2 Å². The maximum Gasteiger partial charge on any atom is 0.236 e. The fraction of sp³-hybridized carbons (Fsp3) is 0.417. The molecule has 0 unspecified atom stereocenters. The van der Waals surface area contributed by atoms with Gasteiger partial charge < -0.3 is 14.0 Å². The van der Waals surface area contributed by atoms with Crippen molar-refractivity contribution in [2.24, 2.45) is 0 Å². The summed E-state index contributed by atoms with van der Waals surface area (Å²) in [6.07, 6.45) is 5.93. The molecule has 1 aliphatic heterocycles. The second-order valence-corrected chi connectivity index (χ2v) is 8.15. The van der Waals surface area contributed by atoms with E-state index in [9.17, 15) is 4.79 Å². The number of ether oxygens (including phenoxy) is 1. The number of carbonyl (C=O) groups is 1. The molecule has 4 rings (SSSR count). The number of rotatable bonds is 7. The third-order valence-electron chi connectivity index (χ3n) is 6.23. The van der Waals surface area contributed by atoms with Gasteiger partial charge in [-0.3, -0.25) is 9.69 Å². The first-order valence-electron chi connectivity index (χ1n) is 10.6. The highest BCUT2D eigenvalue weighted by Gasteiger charge is 2.40. The molecule has 3 heterocycles. The summed E-state index contributed by atoms with van der Waals surface area (Å²) >= 11 is 0. The highest BCUT2D eigenvalue weighted by Crippen LogP contribution is 2.41. The zero-order valence-electron chi connectivity index (χ0n) is 17.8. The summed E-state index contributed by atoms with van der Waals surface area (Å²) in [7, 11) is 3.65. The summed E-state index contributed by atoms with van der Waals surface area (Å²) in [6, 6.07) is 16.7. The zero-order chi connectivity index (χ0) is 21.0. The van der Waals surface area contributed by atoms with E-state index in [2.05, 4.69) is 40.9 Å². The number of amides is 1. The predicted molar refractivity (Wildman–Crippen MR) is 118 cm³/mol. The van der Waals surface area contributed by atoms with Gasteiger partial charge in [0.2, 0.25) is 5.91 Å². The molecular formula is C24H30N4O2. The lowest BCUT2D eigenvalue weighted by molar-refractivity contribution is -0.133. The van der Waals surface area contributed by atoms with Gasteiger partial charge in [0.1, 0.15) is 5.65 Å². The number of likely N-dealkylation sites (N-methyl/N-ethyl adjacent to an activating group) is 1. The van der Waals surface area contributed by atoms with Crippen LogP contribution in [0.15, 0.2) is 60.9 Å². The van der Waals surface area contributed by atoms with E-state index in [1.165, 1.54) is 5.56 Å². The lowest BCUT2D eigenvalue weighted by Crippen LogP contribution is -2.48. The van der Waals surface area contributed by atoms with E-state index < -0.39 is 0 Å². The largest absolute Gasteiger partial charge is 0.383 e. The lowest BCUT2D eigenvalue weighted by atomic mass is 9.70. The predicted octanol–water partition coefficient (Wildman–Crippen LogP) is 2.82. The first kappa shape index (κ1) is 20.6. The van der Waals surface area contributed by atoms with E-state index in [4.69, 9.17) is 9.72 Å². The lowest BCUT2D eigenvalue weighted by Gasteiger charge is -2.41. The van der Waals surface area contributed by atoms with Crippen molar-refractivity contribution in [2.45, 2.75) is 18.3 Å². The van der Waals surface area contributed by atoms with Crippen molar-refractivity contribution >= 4 is 11.6 Å². The Morgan fingerprint density at radius 3 is 2.57 bits per heavy atom. The SMILES string of the molecule is COCCN(C)CC(=O)N1CCC(c2ccccc2)(c2cn3ccccc3n2)CC1. The second kappa shape index (κ2) is 8.98. The molecule has 0 atom stereocenters. The maximum atomic E-state index is 12.8. The molecule has 158 valence electrons. The van der Waals surface area contributed by atoms with E-state index in [1.54, 1.807) is 7.11 Å². The molecule has 1 amide bonds. The van der Waals surface area contributed by atoms with Crippen molar-refractivity contribution in [1.82, 2.24) is 19.2 Å². The highest BCUT2D eigenvalue weighted by atomic mass is 16.5. The van der Waals surface area contributed by atoms with Crippen LogP contribution in [0, 0.1) is 0 Å². The van der Waals surface area contributed by atoms with Crippen molar-refractivity contribution in [3.05, 3.63) is 72.2 Å². The second-order valence-electron chi connectivity index (χ2n) is 8.15. The smallest absolute Gasteiger partial charge is 0.236 e. The van der Waals surface area contributed by atoms with Crippen molar-refractivity contribution in [3.8, 4) is 0 Å². The minimum absolute atomic E-state index is 0.175. The van der Waals surface area contributed by atoms with Crippen LogP contribution in [0.25, 0.3) is 5.65 Å². The van der Waals surface area contributed by atoms with E-state index >= 15 is 0 Å². The van der Waals surface area contributed by atoms with Crippen LogP contribution in [-0.4, -0.2) is 72.0 Å². The van der Waals surface area contributed by atoms with Crippen LogP contribution in [0.4, 0.5) is 0 Å². The molecule has 0 N–H and O–H groups in total. The Morgan fingerprint density at radius 1 is 1.13 bits per heavy atom. The van der Waals surface area contributed by atoms with Gasteiger partial charge in [-0.15, -0.1) is 0 Å². The van der Waals surface area contributed by atoms with Gasteiger partial charge in [-0.1, -0.05) is 36.4 Å². The van der Waals surface area contributed by atoms with Crippen molar-refractivity contribution in [2.75, 3.05) is 46.9 Å². The molecule has 3 aromatic rings. The Balaban J connectivity index is 1.56. The number of likely N-dealkylation sites (tertiary alicyclic amines) is 1. The molecule has 6 nitrogen and oxygen atoms in total. The minimum Gasteiger partial charge on any atom is -0.383 e. The molecule has 2 aromatic heterocycles. The Hall–Kier alpha value is -2.70. The number of imidazole rings is 1. The van der Waals surface area contributed by atoms with Crippen LogP contribution in [0.5, 0.6) is 0 Å². The van der Waals surface area contributed by atoms with Gasteiger partial charge in [-0.2, -0.15) is 0 Å². The summed E-state index contributed by atoms with van der Waals surface area (Å²) in [5, 5.41) is 0. The number of fused-ring (bicyclic) bond motifs is 1. The Labute approximate surface area is 178 Å². The normalized spacial score (nSPS) is 16.3. The van der Waals surface area contributed by atoms with Gasteiger partial charge >= 0.3 is 0 Å². The van der Waals surface area contributed by atoms with Crippen molar-refractivity contribution < 1.29 is 9.53 Å². The van der Waals surface area contributed by atoms with E-state index in [0.717, 1.165) is 43.8 Å². The molecule has 1 saturated heterocycles. The number of aromatic nitrogens is 2. The molecular weight excluding hydrogens is 376 g/mol. The monoisotopic (exact) mass is 406 g/mol. The zero-order valence-corrected chi connectivity index (χ0v) is 17.8. The molecule has 30 heavy (non-hydrogen) atoms. The maximum absolute atomic E-state index is 12.8. The Kier molecular flexibility index (Phi) is 6.16. The molecule has 0 aliphatic carbocycles. The number of pyridine rings is 1. The summed E-state index contributed by atoms with van der Waals surface area (Å²) in [6.45, 7) is 3.29. The van der Waals surface area contributed by atoms with Gasteiger partial charge in [0.05, 0.1) is 18.8 Å². The quantitative estimate of drug-likeness (QED) is 0.605. The van der Waals surface area contributed by atoms with Crippen molar-refractivity contribution in [1.29, 1.82) is 0 Å². The summed E-state index contributed by atoms with van der Waals surface area (Å²) in [5.41, 5.74) is 3.15. The topological polar surface area (TPSA) is 50.1 Å². The molecule has 1 aliphatic rings. The van der Waals surface area contributed by atoms with Gasteiger partial charge in [-0.25, -0.2) is 4.98 Å². The van der Waals surface area contributed by atoms with Gasteiger partial charge in [0.25, 0.3) is 0 Å². The van der Waals surface area contributed by atoms with Gasteiger partial charge in [-0.05, 0) is 37.6 Å². The van der Waals surface area contributed by atoms with E-state index in [-0.39, 0.29) is 11.3 Å². The molecule has 0 spiro atoms. The minimum atomic E-state index is -0.175. The fourth-order valence-electron chi connectivity index (χ4n) is 4.41. The van der Waals surface area contributed by atoms with Crippen molar-refractivity contribution in [3.63, 3.8) is 0 Å². The van der Waals surface area contributed by atoms with Gasteiger partial charge in [0, 0.05) is 44.6 Å². The number of carbonyl (C=O) groups excluding carboxylic acids is 1. The van der Waals surface area contributed by atoms with Crippen LogP contribution >= 0.6 is 0 Å². The highest BCUT2D eigenvalue weighted by molar-refractivity contribution is 5.78. The molecule has 0 bridgehead atoms. The summed E-state index contributed by atoms with van der Waals surface area (Å²) < 4.78 is 7.20. The number of hydrogen-bond donors (Lipinski definition) is 0. The average Bonchev–Trinajstić information content (AvgIpc) is 3.23. The first-order chi connectivity index (χ1) is 14.6. The Bertz CT molecular complexity index is 944. The Morgan fingerprint density at radius 2 is 1.87 bits per heavy atom. The summed E-state index contributed by atoms with van der Waals surface area (Å²) in [5.74, 6) is 0.185. The first-order valence-corrected chi connectivity index (χ1v) is 10.6. The van der Waals surface area contributed by atoms with Gasteiger partial charge in [0.15, 0.2) is 0 Å². The van der Waals surface area contributed by atoms with Crippen LogP contribution in [-0.2, 0) is 14.9 Å².